The van der Waals surface area contributed by atoms with E-state index >= 15 is 0 Å². The number of likely N-dealkylation sites (tertiary alicyclic amines) is 1. The maximum atomic E-state index is 13.8. The van der Waals surface area contributed by atoms with E-state index in [1.54, 1.807) is 0 Å². The normalized spacial score (nSPS) is 20.6. The first kappa shape index (κ1) is 16.4. The lowest BCUT2D eigenvalue weighted by atomic mass is 9.99. The molecule has 0 spiro atoms. The van der Waals surface area contributed by atoms with E-state index in [9.17, 15) is 12.8 Å². The lowest BCUT2D eigenvalue weighted by molar-refractivity contribution is 0.211. The van der Waals surface area contributed by atoms with Gasteiger partial charge in [-0.1, -0.05) is 6.07 Å². The quantitative estimate of drug-likeness (QED) is 0.847. The molecule has 118 valence electrons. The van der Waals surface area contributed by atoms with Crippen LogP contribution in [-0.4, -0.2) is 40.0 Å². The summed E-state index contributed by atoms with van der Waals surface area (Å²) < 4.78 is 40.8. The molecule has 0 bridgehead atoms. The van der Waals surface area contributed by atoms with Crippen LogP contribution in [-0.2, 0) is 16.6 Å². The summed E-state index contributed by atoms with van der Waals surface area (Å²) >= 11 is 0. The van der Waals surface area contributed by atoms with Gasteiger partial charge in [-0.25, -0.2) is 17.5 Å². The lowest BCUT2D eigenvalue weighted by Gasteiger charge is -2.29. The smallest absolute Gasteiger partial charge is 0.243 e. The molecular formula is C14H22FN3O2S. The van der Waals surface area contributed by atoms with Gasteiger partial charge in [0.25, 0.3) is 0 Å². The molecule has 1 aromatic rings. The molecule has 1 aliphatic heterocycles. The van der Waals surface area contributed by atoms with Crippen LogP contribution in [0.5, 0.6) is 0 Å². The van der Waals surface area contributed by atoms with Crippen LogP contribution in [0, 0.1) is 11.7 Å². The van der Waals surface area contributed by atoms with Crippen molar-refractivity contribution in [1.82, 2.24) is 9.62 Å². The summed E-state index contributed by atoms with van der Waals surface area (Å²) in [5.74, 6) is -0.486. The number of nitrogens with zero attached hydrogens (tertiary/aromatic N) is 1. The fraction of sp³-hybridized carbons (Fsp3) is 0.571. The molecule has 1 heterocycles. The van der Waals surface area contributed by atoms with Gasteiger partial charge in [-0.15, -0.1) is 0 Å². The first-order valence-electron chi connectivity index (χ1n) is 7.09. The standard InChI is InChI=1S/C14H22FN3O2S/c1-18-6-2-3-12(10-18)9-17-21(19,20)14-7-11(8-16)4-5-13(14)15/h4-5,7,12,17H,2-3,6,8-10,16H2,1H3. The summed E-state index contributed by atoms with van der Waals surface area (Å²) in [6.45, 7) is 2.40. The van der Waals surface area contributed by atoms with Crippen molar-refractivity contribution in [2.75, 3.05) is 26.7 Å². The van der Waals surface area contributed by atoms with Crippen molar-refractivity contribution in [3.8, 4) is 0 Å². The average Bonchev–Trinajstić information content (AvgIpc) is 2.46. The number of sulfonamides is 1. The molecule has 0 amide bonds. The third-order valence-electron chi connectivity index (χ3n) is 3.80. The predicted octanol–water partition coefficient (Wildman–Crippen LogP) is 0.905. The van der Waals surface area contributed by atoms with Gasteiger partial charge in [0.1, 0.15) is 10.7 Å². The topological polar surface area (TPSA) is 75.4 Å². The zero-order valence-electron chi connectivity index (χ0n) is 12.2. The van der Waals surface area contributed by atoms with Gasteiger partial charge in [0.05, 0.1) is 0 Å². The van der Waals surface area contributed by atoms with E-state index in [2.05, 4.69) is 9.62 Å². The number of piperidine rings is 1. The molecule has 1 aliphatic rings. The molecule has 0 aromatic heterocycles. The van der Waals surface area contributed by atoms with Gasteiger partial charge in [-0.05, 0) is 50.0 Å². The minimum absolute atomic E-state index is 0.177. The lowest BCUT2D eigenvalue weighted by Crippen LogP contribution is -2.39. The molecule has 3 N–H and O–H groups in total. The van der Waals surface area contributed by atoms with E-state index in [1.165, 1.54) is 12.1 Å². The maximum Gasteiger partial charge on any atom is 0.243 e. The second-order valence-electron chi connectivity index (χ2n) is 5.59. The highest BCUT2D eigenvalue weighted by molar-refractivity contribution is 7.89. The molecule has 1 fully saturated rings. The highest BCUT2D eigenvalue weighted by Gasteiger charge is 2.23. The van der Waals surface area contributed by atoms with Crippen molar-refractivity contribution >= 4 is 10.0 Å². The monoisotopic (exact) mass is 315 g/mol. The van der Waals surface area contributed by atoms with Crippen molar-refractivity contribution in [2.24, 2.45) is 11.7 Å². The predicted molar refractivity (Wildman–Crippen MR) is 79.7 cm³/mol. The molecule has 5 nitrogen and oxygen atoms in total. The highest BCUT2D eigenvalue weighted by atomic mass is 32.2. The number of nitrogens with one attached hydrogen (secondary N) is 1. The molecule has 0 saturated carbocycles. The molecule has 1 saturated heterocycles. The summed E-state index contributed by atoms with van der Waals surface area (Å²) in [5, 5.41) is 0. The molecule has 1 unspecified atom stereocenters. The van der Waals surface area contributed by atoms with Gasteiger partial charge in [0, 0.05) is 19.6 Å². The number of hydrogen-bond acceptors (Lipinski definition) is 4. The molecule has 21 heavy (non-hydrogen) atoms. The van der Waals surface area contributed by atoms with Crippen molar-refractivity contribution in [3.05, 3.63) is 29.6 Å². The van der Waals surface area contributed by atoms with E-state index in [-0.39, 0.29) is 17.4 Å². The Bertz CT molecular complexity index is 592. The van der Waals surface area contributed by atoms with Crippen LogP contribution in [0.4, 0.5) is 4.39 Å². The van der Waals surface area contributed by atoms with Crippen LogP contribution in [0.2, 0.25) is 0 Å². The zero-order chi connectivity index (χ0) is 15.5. The van der Waals surface area contributed by atoms with Crippen molar-refractivity contribution in [2.45, 2.75) is 24.3 Å². The number of halogens is 1. The Labute approximate surface area is 125 Å². The van der Waals surface area contributed by atoms with Gasteiger partial charge >= 0.3 is 0 Å². The van der Waals surface area contributed by atoms with Gasteiger partial charge in [-0.3, -0.25) is 0 Å². The van der Waals surface area contributed by atoms with E-state index in [0.717, 1.165) is 32.0 Å². The van der Waals surface area contributed by atoms with Crippen LogP contribution in [0.1, 0.15) is 18.4 Å². The minimum Gasteiger partial charge on any atom is -0.326 e. The third kappa shape index (κ3) is 4.23. The second kappa shape index (κ2) is 6.83. The Morgan fingerprint density at radius 2 is 2.24 bits per heavy atom. The molecule has 2 rings (SSSR count). The molecule has 0 radical (unpaired) electrons. The Morgan fingerprint density at radius 1 is 1.48 bits per heavy atom. The number of rotatable bonds is 5. The fourth-order valence-corrected chi connectivity index (χ4v) is 3.87. The van der Waals surface area contributed by atoms with Crippen molar-refractivity contribution in [1.29, 1.82) is 0 Å². The van der Waals surface area contributed by atoms with E-state index in [4.69, 9.17) is 5.73 Å². The summed E-state index contributed by atoms with van der Waals surface area (Å²) in [7, 11) is -1.82. The number of nitrogens with two attached hydrogens (primary N) is 1. The van der Waals surface area contributed by atoms with Gasteiger partial charge in [-0.2, -0.15) is 0 Å². The van der Waals surface area contributed by atoms with Crippen LogP contribution in [0.25, 0.3) is 0 Å². The summed E-state index contributed by atoms with van der Waals surface area (Å²) in [4.78, 5) is 1.85. The number of benzene rings is 1. The summed E-state index contributed by atoms with van der Waals surface area (Å²) in [6, 6.07) is 3.93. The van der Waals surface area contributed by atoms with Crippen LogP contribution >= 0.6 is 0 Å². The van der Waals surface area contributed by atoms with Gasteiger partial charge in [0.2, 0.25) is 10.0 Å². The second-order valence-corrected chi connectivity index (χ2v) is 7.33. The Balaban J connectivity index is 2.08. The highest BCUT2D eigenvalue weighted by Crippen LogP contribution is 2.18. The van der Waals surface area contributed by atoms with Crippen molar-refractivity contribution in [3.63, 3.8) is 0 Å². The Hall–Kier alpha value is -1.02. The zero-order valence-corrected chi connectivity index (χ0v) is 13.0. The Kier molecular flexibility index (Phi) is 5.32. The molecule has 0 aliphatic carbocycles. The Morgan fingerprint density at radius 3 is 2.90 bits per heavy atom. The first-order chi connectivity index (χ1) is 9.92. The van der Waals surface area contributed by atoms with Crippen LogP contribution in [0.15, 0.2) is 23.1 Å². The SMILES string of the molecule is CN1CCCC(CNS(=O)(=O)c2cc(CN)ccc2F)C1. The van der Waals surface area contributed by atoms with Crippen molar-refractivity contribution < 1.29 is 12.8 Å². The minimum atomic E-state index is -3.84. The van der Waals surface area contributed by atoms with E-state index in [1.807, 2.05) is 7.05 Å². The molecular weight excluding hydrogens is 293 g/mol. The summed E-state index contributed by atoms with van der Waals surface area (Å²) in [5.41, 5.74) is 6.07. The van der Waals surface area contributed by atoms with Crippen LogP contribution < -0.4 is 10.5 Å². The molecule has 1 atom stereocenters. The molecule has 7 heteroatoms. The van der Waals surface area contributed by atoms with E-state index in [0.29, 0.717) is 12.1 Å². The van der Waals surface area contributed by atoms with Crippen LogP contribution in [0.3, 0.4) is 0 Å². The fourth-order valence-electron chi connectivity index (χ4n) is 2.63. The van der Waals surface area contributed by atoms with E-state index < -0.39 is 15.8 Å². The maximum absolute atomic E-state index is 13.8. The first-order valence-corrected chi connectivity index (χ1v) is 8.57. The van der Waals surface area contributed by atoms with Gasteiger partial charge < -0.3 is 10.6 Å². The average molecular weight is 315 g/mol. The summed E-state index contributed by atoms with van der Waals surface area (Å²) in [6.07, 6.45) is 2.04. The largest absolute Gasteiger partial charge is 0.326 e. The van der Waals surface area contributed by atoms with Gasteiger partial charge in [0.15, 0.2) is 0 Å². The number of hydrogen-bond donors (Lipinski definition) is 2. The molecule has 1 aromatic carbocycles. The third-order valence-corrected chi connectivity index (χ3v) is 5.24.